The highest BCUT2D eigenvalue weighted by Crippen LogP contribution is 2.32. The average Bonchev–Trinajstić information content (AvgIpc) is 3.11. The van der Waals surface area contributed by atoms with Crippen molar-refractivity contribution in [2.75, 3.05) is 26.2 Å². The fourth-order valence-corrected chi connectivity index (χ4v) is 4.88. The minimum absolute atomic E-state index is 0.0694. The topological polar surface area (TPSA) is 62.7 Å². The van der Waals surface area contributed by atoms with Crippen LogP contribution in [0, 0.1) is 5.92 Å². The van der Waals surface area contributed by atoms with Crippen LogP contribution in [0.2, 0.25) is 0 Å². The molecule has 2 aliphatic rings. The van der Waals surface area contributed by atoms with Crippen molar-refractivity contribution in [3.63, 3.8) is 0 Å². The number of carbonyl (C=O) groups is 2. The summed E-state index contributed by atoms with van der Waals surface area (Å²) >= 11 is 0. The first-order chi connectivity index (χ1) is 15.7. The molecule has 2 amide bonds. The second-order valence-electron chi connectivity index (χ2n) is 8.77. The molecule has 2 unspecified atom stereocenters. The quantitative estimate of drug-likeness (QED) is 0.681. The Bertz CT molecular complexity index is 874. The highest BCUT2D eigenvalue weighted by molar-refractivity contribution is 5.82. The predicted octanol–water partition coefficient (Wildman–Crippen LogP) is 4.23. The lowest BCUT2D eigenvalue weighted by Crippen LogP contribution is -2.47. The third-order valence-electron chi connectivity index (χ3n) is 6.58. The molecule has 6 heteroatoms. The smallest absolute Gasteiger partial charge is 0.227 e. The first-order valence-electron chi connectivity index (χ1n) is 11.9. The van der Waals surface area contributed by atoms with Crippen molar-refractivity contribution in [3.05, 3.63) is 60.4 Å². The number of hydrogen-bond donors (Lipinski definition) is 0. The van der Waals surface area contributed by atoms with Crippen molar-refractivity contribution in [1.82, 2.24) is 14.8 Å². The first kappa shape index (κ1) is 22.3. The van der Waals surface area contributed by atoms with Crippen LogP contribution in [-0.2, 0) is 9.59 Å². The maximum atomic E-state index is 13.6. The molecule has 3 heterocycles. The summed E-state index contributed by atoms with van der Waals surface area (Å²) in [5, 5.41) is 0. The standard InChI is InChI=1S/C26H33N3O3/c30-25(14-19-32-23-9-3-1-4-10-23)28-17-7-8-22(20-28)26(31)29-18-6-2-5-11-24(29)21-12-15-27-16-13-21/h1,3-4,9-10,12-13,15-16,22,24H,2,5-8,11,14,17-20H2. The van der Waals surface area contributed by atoms with E-state index in [9.17, 15) is 9.59 Å². The fraction of sp³-hybridized carbons (Fsp3) is 0.500. The molecule has 2 saturated heterocycles. The van der Waals surface area contributed by atoms with Crippen molar-refractivity contribution < 1.29 is 14.3 Å². The lowest BCUT2D eigenvalue weighted by atomic mass is 9.94. The summed E-state index contributed by atoms with van der Waals surface area (Å²) in [7, 11) is 0. The second kappa shape index (κ2) is 11.1. The Balaban J connectivity index is 1.36. The van der Waals surface area contributed by atoms with Crippen molar-refractivity contribution >= 4 is 11.8 Å². The number of hydrogen-bond acceptors (Lipinski definition) is 4. The summed E-state index contributed by atoms with van der Waals surface area (Å²) in [6.07, 6.45) is 9.98. The highest BCUT2D eigenvalue weighted by atomic mass is 16.5. The minimum Gasteiger partial charge on any atom is -0.493 e. The SMILES string of the molecule is O=C(CCOc1ccccc1)N1CCCC(C(=O)N2CCCCCC2c2ccncc2)C1. The fourth-order valence-electron chi connectivity index (χ4n) is 4.88. The molecular formula is C26H33N3O3. The van der Waals surface area contributed by atoms with Gasteiger partial charge in [0.15, 0.2) is 0 Å². The van der Waals surface area contributed by atoms with E-state index < -0.39 is 0 Å². The Morgan fingerprint density at radius 3 is 2.56 bits per heavy atom. The molecule has 1 aromatic carbocycles. The van der Waals surface area contributed by atoms with E-state index >= 15 is 0 Å². The molecule has 1 aromatic heterocycles. The number of benzene rings is 1. The van der Waals surface area contributed by atoms with Gasteiger partial charge in [-0.15, -0.1) is 0 Å². The first-order valence-corrected chi connectivity index (χ1v) is 11.9. The third kappa shape index (κ3) is 5.67. The van der Waals surface area contributed by atoms with Crippen molar-refractivity contribution in [2.24, 2.45) is 5.92 Å². The van der Waals surface area contributed by atoms with Crippen LogP contribution in [0.3, 0.4) is 0 Å². The molecule has 0 saturated carbocycles. The minimum atomic E-state index is -0.120. The molecule has 2 aliphatic heterocycles. The van der Waals surface area contributed by atoms with E-state index in [1.165, 1.54) is 0 Å². The van der Waals surface area contributed by atoms with Gasteiger partial charge >= 0.3 is 0 Å². The Morgan fingerprint density at radius 2 is 1.75 bits per heavy atom. The van der Waals surface area contributed by atoms with Crippen molar-refractivity contribution in [2.45, 2.75) is 51.0 Å². The van der Waals surface area contributed by atoms with E-state index in [1.54, 1.807) is 12.4 Å². The number of para-hydroxylation sites is 1. The Hall–Kier alpha value is -2.89. The third-order valence-corrected chi connectivity index (χ3v) is 6.58. The van der Waals surface area contributed by atoms with E-state index in [-0.39, 0.29) is 23.8 Å². The Labute approximate surface area is 190 Å². The van der Waals surface area contributed by atoms with Gasteiger partial charge in [0.1, 0.15) is 5.75 Å². The number of rotatable bonds is 6. The molecule has 2 aromatic rings. The van der Waals surface area contributed by atoms with Gasteiger partial charge in [-0.05, 0) is 55.5 Å². The lowest BCUT2D eigenvalue weighted by Gasteiger charge is -2.37. The molecule has 4 rings (SSSR count). The summed E-state index contributed by atoms with van der Waals surface area (Å²) in [4.78, 5) is 34.5. The Morgan fingerprint density at radius 1 is 0.938 bits per heavy atom. The molecule has 0 aliphatic carbocycles. The molecule has 2 atom stereocenters. The van der Waals surface area contributed by atoms with Crippen LogP contribution in [0.5, 0.6) is 5.75 Å². The van der Waals surface area contributed by atoms with Gasteiger partial charge in [-0.2, -0.15) is 0 Å². The maximum absolute atomic E-state index is 13.6. The summed E-state index contributed by atoms with van der Waals surface area (Å²) in [6.45, 7) is 2.39. The van der Waals surface area contributed by atoms with Crippen LogP contribution in [0.4, 0.5) is 0 Å². The molecule has 170 valence electrons. The molecular weight excluding hydrogens is 402 g/mol. The number of ether oxygens (including phenoxy) is 1. The molecule has 2 fully saturated rings. The van der Waals surface area contributed by atoms with Gasteiger partial charge in [-0.25, -0.2) is 0 Å². The monoisotopic (exact) mass is 435 g/mol. The molecule has 6 nitrogen and oxygen atoms in total. The normalized spacial score (nSPS) is 21.6. The number of amides is 2. The summed E-state index contributed by atoms with van der Waals surface area (Å²) < 4.78 is 5.69. The second-order valence-corrected chi connectivity index (χ2v) is 8.77. The van der Waals surface area contributed by atoms with Crippen molar-refractivity contribution in [1.29, 1.82) is 0 Å². The van der Waals surface area contributed by atoms with E-state index in [0.717, 1.165) is 62.9 Å². The summed E-state index contributed by atoms with van der Waals surface area (Å²) in [5.74, 6) is 0.923. The number of likely N-dealkylation sites (tertiary alicyclic amines) is 2. The van der Waals surface area contributed by atoms with Crippen LogP contribution in [0.25, 0.3) is 0 Å². The van der Waals surface area contributed by atoms with Gasteiger partial charge < -0.3 is 14.5 Å². The number of nitrogens with zero attached hydrogens (tertiary/aromatic N) is 3. The van der Waals surface area contributed by atoms with Gasteiger partial charge in [0.25, 0.3) is 0 Å². The van der Waals surface area contributed by atoms with E-state index in [2.05, 4.69) is 9.88 Å². The van der Waals surface area contributed by atoms with Crippen LogP contribution in [0.15, 0.2) is 54.9 Å². The summed E-state index contributed by atoms with van der Waals surface area (Å²) in [6, 6.07) is 13.7. The zero-order chi connectivity index (χ0) is 22.2. The largest absolute Gasteiger partial charge is 0.493 e. The molecule has 0 N–H and O–H groups in total. The Kier molecular flexibility index (Phi) is 7.75. The molecule has 0 spiro atoms. The average molecular weight is 436 g/mol. The number of aromatic nitrogens is 1. The van der Waals surface area contributed by atoms with Gasteiger partial charge in [0.05, 0.1) is 25.0 Å². The molecule has 32 heavy (non-hydrogen) atoms. The van der Waals surface area contributed by atoms with E-state index in [1.807, 2.05) is 47.4 Å². The van der Waals surface area contributed by atoms with Gasteiger partial charge in [0.2, 0.25) is 11.8 Å². The van der Waals surface area contributed by atoms with Gasteiger partial charge in [-0.1, -0.05) is 31.0 Å². The number of piperidine rings is 1. The predicted molar refractivity (Wildman–Crippen MR) is 123 cm³/mol. The van der Waals surface area contributed by atoms with E-state index in [4.69, 9.17) is 4.74 Å². The molecule has 0 radical (unpaired) electrons. The van der Waals surface area contributed by atoms with Crippen LogP contribution >= 0.6 is 0 Å². The van der Waals surface area contributed by atoms with Gasteiger partial charge in [-0.3, -0.25) is 14.6 Å². The van der Waals surface area contributed by atoms with E-state index in [0.29, 0.717) is 19.6 Å². The summed E-state index contributed by atoms with van der Waals surface area (Å²) in [5.41, 5.74) is 1.16. The molecule has 0 bridgehead atoms. The number of carbonyl (C=O) groups excluding carboxylic acids is 2. The highest BCUT2D eigenvalue weighted by Gasteiger charge is 2.35. The lowest BCUT2D eigenvalue weighted by molar-refractivity contribution is -0.143. The van der Waals surface area contributed by atoms with Gasteiger partial charge in [0, 0.05) is 32.0 Å². The van der Waals surface area contributed by atoms with Crippen LogP contribution < -0.4 is 4.74 Å². The maximum Gasteiger partial charge on any atom is 0.227 e. The van der Waals surface area contributed by atoms with Crippen molar-refractivity contribution in [3.8, 4) is 5.75 Å². The van der Waals surface area contributed by atoms with Crippen LogP contribution in [-0.4, -0.2) is 52.8 Å². The zero-order valence-electron chi connectivity index (χ0n) is 18.7. The number of pyridine rings is 1. The zero-order valence-corrected chi connectivity index (χ0v) is 18.7. The van der Waals surface area contributed by atoms with Crippen LogP contribution in [0.1, 0.15) is 56.6 Å².